The fraction of sp³-hybridized carbons (Fsp3) is 0.190. The number of nitrogens with zero attached hydrogens (tertiary/aromatic N) is 4. The first-order valence-corrected chi connectivity index (χ1v) is 10.0. The second-order valence-electron chi connectivity index (χ2n) is 7.18. The van der Waals surface area contributed by atoms with Gasteiger partial charge in [0.15, 0.2) is 0 Å². The molecule has 7 heteroatoms. The Balaban J connectivity index is 1.79. The monoisotopic (exact) mass is 389 g/mol. The molecule has 0 amide bonds. The number of benzene rings is 2. The SMILES string of the molecule is Cc1ccc(Nc2nn3c(=O)c4sc5ccccc5c4nc3n2C(C)C)cc1. The minimum Gasteiger partial charge on any atom is -0.324 e. The van der Waals surface area contributed by atoms with Gasteiger partial charge in [-0.2, -0.15) is 4.52 Å². The number of hydrogen-bond donors (Lipinski definition) is 1. The van der Waals surface area contributed by atoms with E-state index in [1.165, 1.54) is 21.4 Å². The molecule has 0 saturated carbocycles. The van der Waals surface area contributed by atoms with Gasteiger partial charge in [0.2, 0.25) is 11.7 Å². The molecule has 0 aliphatic heterocycles. The summed E-state index contributed by atoms with van der Waals surface area (Å²) in [7, 11) is 0. The van der Waals surface area contributed by atoms with Gasteiger partial charge in [-0.05, 0) is 39.0 Å². The van der Waals surface area contributed by atoms with Gasteiger partial charge in [0.25, 0.3) is 5.56 Å². The molecule has 3 heterocycles. The van der Waals surface area contributed by atoms with E-state index in [-0.39, 0.29) is 11.6 Å². The van der Waals surface area contributed by atoms with Crippen molar-refractivity contribution in [2.45, 2.75) is 26.8 Å². The zero-order valence-electron chi connectivity index (χ0n) is 15.8. The summed E-state index contributed by atoms with van der Waals surface area (Å²) in [4.78, 5) is 18.0. The van der Waals surface area contributed by atoms with Crippen LogP contribution in [-0.2, 0) is 0 Å². The third-order valence-electron chi connectivity index (χ3n) is 4.82. The van der Waals surface area contributed by atoms with Gasteiger partial charge in [-0.1, -0.05) is 35.9 Å². The molecule has 3 aromatic heterocycles. The molecular weight excluding hydrogens is 370 g/mol. The summed E-state index contributed by atoms with van der Waals surface area (Å²) >= 11 is 1.47. The van der Waals surface area contributed by atoms with Crippen molar-refractivity contribution in [2.75, 3.05) is 5.32 Å². The van der Waals surface area contributed by atoms with Crippen molar-refractivity contribution in [1.29, 1.82) is 0 Å². The highest BCUT2D eigenvalue weighted by Crippen LogP contribution is 2.31. The molecule has 0 aliphatic carbocycles. The van der Waals surface area contributed by atoms with E-state index in [0.717, 1.165) is 21.3 Å². The van der Waals surface area contributed by atoms with Crippen molar-refractivity contribution in [3.8, 4) is 0 Å². The Morgan fingerprint density at radius 1 is 1.07 bits per heavy atom. The highest BCUT2D eigenvalue weighted by molar-refractivity contribution is 7.25. The maximum Gasteiger partial charge on any atom is 0.293 e. The predicted molar refractivity (Wildman–Crippen MR) is 115 cm³/mol. The van der Waals surface area contributed by atoms with Crippen LogP contribution >= 0.6 is 11.3 Å². The quantitative estimate of drug-likeness (QED) is 0.477. The molecule has 5 aromatic rings. The van der Waals surface area contributed by atoms with Crippen LogP contribution in [0.1, 0.15) is 25.5 Å². The van der Waals surface area contributed by atoms with Gasteiger partial charge in [-0.25, -0.2) is 4.98 Å². The van der Waals surface area contributed by atoms with Crippen molar-refractivity contribution >= 4 is 49.1 Å². The van der Waals surface area contributed by atoms with Crippen molar-refractivity contribution in [3.05, 3.63) is 64.4 Å². The van der Waals surface area contributed by atoms with Gasteiger partial charge < -0.3 is 5.32 Å². The second-order valence-corrected chi connectivity index (χ2v) is 8.24. The zero-order valence-corrected chi connectivity index (χ0v) is 16.6. The molecule has 0 bridgehead atoms. The Hall–Kier alpha value is -3.19. The average Bonchev–Trinajstić information content (AvgIpc) is 3.23. The van der Waals surface area contributed by atoms with Crippen molar-refractivity contribution in [3.63, 3.8) is 0 Å². The Labute approximate surface area is 165 Å². The van der Waals surface area contributed by atoms with Crippen LogP contribution in [0.15, 0.2) is 53.3 Å². The summed E-state index contributed by atoms with van der Waals surface area (Å²) in [6, 6.07) is 16.1. The van der Waals surface area contributed by atoms with Crippen LogP contribution in [0.3, 0.4) is 0 Å². The molecule has 0 aliphatic rings. The molecule has 0 atom stereocenters. The lowest BCUT2D eigenvalue weighted by Gasteiger charge is -2.12. The summed E-state index contributed by atoms with van der Waals surface area (Å²) < 4.78 is 5.07. The number of nitrogens with one attached hydrogen (secondary N) is 1. The maximum atomic E-state index is 13.2. The first-order valence-electron chi connectivity index (χ1n) is 9.19. The third kappa shape index (κ3) is 2.51. The van der Waals surface area contributed by atoms with Crippen LogP contribution in [0.2, 0.25) is 0 Å². The molecule has 28 heavy (non-hydrogen) atoms. The minimum absolute atomic E-state index is 0.0831. The lowest BCUT2D eigenvalue weighted by Crippen LogP contribution is -2.15. The Morgan fingerprint density at radius 3 is 2.57 bits per heavy atom. The van der Waals surface area contributed by atoms with Crippen molar-refractivity contribution < 1.29 is 0 Å². The van der Waals surface area contributed by atoms with E-state index in [9.17, 15) is 4.79 Å². The number of hydrogen-bond acceptors (Lipinski definition) is 5. The largest absolute Gasteiger partial charge is 0.324 e. The van der Waals surface area contributed by atoms with Gasteiger partial charge >= 0.3 is 0 Å². The molecule has 2 aromatic carbocycles. The van der Waals surface area contributed by atoms with E-state index in [1.54, 1.807) is 0 Å². The van der Waals surface area contributed by atoms with Crippen molar-refractivity contribution in [1.82, 2.24) is 19.2 Å². The molecule has 5 rings (SSSR count). The van der Waals surface area contributed by atoms with Crippen LogP contribution in [0, 0.1) is 6.92 Å². The van der Waals surface area contributed by atoms with Gasteiger partial charge in [0.1, 0.15) is 4.70 Å². The summed E-state index contributed by atoms with van der Waals surface area (Å²) in [6.45, 7) is 6.17. The molecular formula is C21H19N5OS. The lowest BCUT2D eigenvalue weighted by molar-refractivity contribution is 0.619. The van der Waals surface area contributed by atoms with E-state index in [1.807, 2.05) is 60.0 Å². The molecule has 140 valence electrons. The van der Waals surface area contributed by atoms with E-state index in [4.69, 9.17) is 4.98 Å². The Morgan fingerprint density at radius 2 is 1.82 bits per heavy atom. The molecule has 0 spiro atoms. The predicted octanol–water partition coefficient (Wildman–Crippen LogP) is 4.89. The number of rotatable bonds is 3. The maximum absolute atomic E-state index is 13.2. The van der Waals surface area contributed by atoms with Crippen LogP contribution in [0.4, 0.5) is 11.6 Å². The van der Waals surface area contributed by atoms with Gasteiger partial charge in [-0.15, -0.1) is 16.4 Å². The standard InChI is InChI=1S/C21H19N5OS/c1-12(2)25-20(22-14-10-8-13(3)9-11-14)24-26-19(27)18-17(23-21(25)26)15-6-4-5-7-16(15)28-18/h4-12H,1-3H3,(H,22,24). The fourth-order valence-electron chi connectivity index (χ4n) is 3.43. The van der Waals surface area contributed by atoms with Gasteiger partial charge in [0.05, 0.1) is 5.52 Å². The summed E-state index contributed by atoms with van der Waals surface area (Å²) in [6.07, 6.45) is 0. The first kappa shape index (κ1) is 16.9. The summed E-state index contributed by atoms with van der Waals surface area (Å²) in [5.41, 5.74) is 2.72. The molecule has 0 radical (unpaired) electrons. The minimum atomic E-state index is -0.132. The summed E-state index contributed by atoms with van der Waals surface area (Å²) in [5.74, 6) is 1.15. The lowest BCUT2D eigenvalue weighted by atomic mass is 10.2. The number of aromatic nitrogens is 4. The first-order chi connectivity index (χ1) is 13.5. The van der Waals surface area contributed by atoms with Crippen molar-refractivity contribution in [2.24, 2.45) is 0 Å². The number of aryl methyl sites for hydroxylation is 1. The molecule has 0 unspecified atom stereocenters. The van der Waals surface area contributed by atoms with E-state index >= 15 is 0 Å². The fourth-order valence-corrected chi connectivity index (χ4v) is 4.50. The summed E-state index contributed by atoms with van der Waals surface area (Å²) in [5, 5.41) is 8.91. The molecule has 6 nitrogen and oxygen atoms in total. The zero-order chi connectivity index (χ0) is 19.4. The highest BCUT2D eigenvalue weighted by Gasteiger charge is 2.20. The van der Waals surface area contributed by atoms with Gasteiger partial charge in [0, 0.05) is 21.8 Å². The number of thiophene rings is 1. The van der Waals surface area contributed by atoms with Crippen LogP contribution in [0.5, 0.6) is 0 Å². The van der Waals surface area contributed by atoms with E-state index in [0.29, 0.717) is 16.4 Å². The average molecular weight is 389 g/mol. The number of anilines is 2. The Bertz CT molecular complexity index is 1390. The Kier molecular flexibility index (Phi) is 3.73. The van der Waals surface area contributed by atoms with E-state index in [2.05, 4.69) is 24.3 Å². The molecule has 0 fully saturated rings. The highest BCUT2D eigenvalue weighted by atomic mass is 32.1. The molecule has 1 N–H and O–H groups in total. The number of fused-ring (bicyclic) bond motifs is 4. The smallest absolute Gasteiger partial charge is 0.293 e. The van der Waals surface area contributed by atoms with Crippen LogP contribution < -0.4 is 10.9 Å². The molecule has 0 saturated heterocycles. The normalized spacial score (nSPS) is 11.9. The van der Waals surface area contributed by atoms with Crippen LogP contribution in [0.25, 0.3) is 26.1 Å². The van der Waals surface area contributed by atoms with Crippen LogP contribution in [-0.4, -0.2) is 19.2 Å². The third-order valence-corrected chi connectivity index (χ3v) is 5.97. The topological polar surface area (TPSA) is 64.2 Å². The van der Waals surface area contributed by atoms with Gasteiger partial charge in [-0.3, -0.25) is 9.36 Å². The second kappa shape index (κ2) is 6.17. The van der Waals surface area contributed by atoms with E-state index < -0.39 is 0 Å².